The van der Waals surface area contributed by atoms with Crippen LogP contribution in [0, 0.1) is 5.41 Å². The molecule has 0 saturated heterocycles. The van der Waals surface area contributed by atoms with Crippen molar-refractivity contribution in [3.63, 3.8) is 0 Å². The molecule has 0 amide bonds. The first kappa shape index (κ1) is 10.8. The highest BCUT2D eigenvalue weighted by Gasteiger charge is 2.35. The van der Waals surface area contributed by atoms with Crippen molar-refractivity contribution in [2.45, 2.75) is 59.0 Å². The molecule has 76 valence electrons. The Labute approximate surface area is 81.9 Å². The minimum atomic E-state index is -0.527. The van der Waals surface area contributed by atoms with Crippen molar-refractivity contribution >= 4 is 0 Å². The van der Waals surface area contributed by atoms with Crippen LogP contribution in [-0.4, -0.2) is 10.7 Å². The molecule has 0 fully saturated rings. The molecule has 0 aromatic heterocycles. The first-order chi connectivity index (χ1) is 5.87. The first-order valence-electron chi connectivity index (χ1n) is 5.28. The molecular weight excluding hydrogens is 160 g/mol. The Morgan fingerprint density at radius 3 is 2.54 bits per heavy atom. The molecule has 1 unspecified atom stereocenters. The summed E-state index contributed by atoms with van der Waals surface area (Å²) in [4.78, 5) is 0. The highest BCUT2D eigenvalue weighted by atomic mass is 16.3. The summed E-state index contributed by atoms with van der Waals surface area (Å²) in [6, 6.07) is 0. The summed E-state index contributed by atoms with van der Waals surface area (Å²) in [6.45, 7) is 8.73. The van der Waals surface area contributed by atoms with Crippen LogP contribution in [0.5, 0.6) is 0 Å². The van der Waals surface area contributed by atoms with Crippen molar-refractivity contribution < 1.29 is 5.11 Å². The second-order valence-electron chi connectivity index (χ2n) is 5.36. The summed E-state index contributed by atoms with van der Waals surface area (Å²) in [6.07, 6.45) is 6.05. The van der Waals surface area contributed by atoms with Gasteiger partial charge in [0.25, 0.3) is 0 Å². The van der Waals surface area contributed by atoms with E-state index in [4.69, 9.17) is 0 Å². The van der Waals surface area contributed by atoms with Crippen molar-refractivity contribution in [1.29, 1.82) is 0 Å². The molecule has 0 aromatic rings. The molecule has 1 aliphatic carbocycles. The molecule has 0 aromatic carbocycles. The molecule has 0 bridgehead atoms. The molecule has 1 heteroatoms. The summed E-state index contributed by atoms with van der Waals surface area (Å²) in [5, 5.41) is 10.3. The Hall–Kier alpha value is -0.300. The average Bonchev–Trinajstić information content (AvgIpc) is 1.78. The number of hydrogen-bond acceptors (Lipinski definition) is 1. The van der Waals surface area contributed by atoms with Crippen LogP contribution in [0.25, 0.3) is 0 Å². The summed E-state index contributed by atoms with van der Waals surface area (Å²) >= 11 is 0. The van der Waals surface area contributed by atoms with Gasteiger partial charge in [-0.2, -0.15) is 0 Å². The topological polar surface area (TPSA) is 20.2 Å². The van der Waals surface area contributed by atoms with E-state index >= 15 is 0 Å². The monoisotopic (exact) mass is 182 g/mol. The predicted molar refractivity (Wildman–Crippen MR) is 56.6 cm³/mol. The molecule has 1 nitrogen and oxygen atoms in total. The first-order valence-corrected chi connectivity index (χ1v) is 5.28. The zero-order chi connectivity index (χ0) is 10.1. The van der Waals surface area contributed by atoms with Crippen molar-refractivity contribution in [2.24, 2.45) is 5.41 Å². The van der Waals surface area contributed by atoms with E-state index in [1.165, 1.54) is 5.57 Å². The summed E-state index contributed by atoms with van der Waals surface area (Å²) in [5.41, 5.74) is 1.08. The molecule has 1 aliphatic rings. The predicted octanol–water partition coefficient (Wildman–Crippen LogP) is 3.28. The van der Waals surface area contributed by atoms with Gasteiger partial charge in [0.2, 0.25) is 0 Å². The lowest BCUT2D eigenvalue weighted by molar-refractivity contribution is 0.0232. The summed E-state index contributed by atoms with van der Waals surface area (Å²) in [5.74, 6) is 0. The Balaban J connectivity index is 2.82. The van der Waals surface area contributed by atoms with Gasteiger partial charge in [-0.15, -0.1) is 0 Å². The van der Waals surface area contributed by atoms with E-state index in [-0.39, 0.29) is 5.41 Å². The Morgan fingerprint density at radius 1 is 1.46 bits per heavy atom. The number of rotatable bonds is 2. The third-order valence-electron chi connectivity index (χ3n) is 2.74. The maximum absolute atomic E-state index is 10.3. The van der Waals surface area contributed by atoms with Gasteiger partial charge in [-0.3, -0.25) is 0 Å². The molecule has 13 heavy (non-hydrogen) atoms. The van der Waals surface area contributed by atoms with E-state index in [1.807, 2.05) is 0 Å². The van der Waals surface area contributed by atoms with Crippen LogP contribution in [0.15, 0.2) is 11.6 Å². The Morgan fingerprint density at radius 2 is 2.08 bits per heavy atom. The highest BCUT2D eigenvalue weighted by molar-refractivity contribution is 5.16. The van der Waals surface area contributed by atoms with Crippen LogP contribution in [-0.2, 0) is 0 Å². The highest BCUT2D eigenvalue weighted by Crippen LogP contribution is 2.41. The molecule has 0 spiro atoms. The molecule has 0 saturated carbocycles. The van der Waals surface area contributed by atoms with E-state index < -0.39 is 5.60 Å². The summed E-state index contributed by atoms with van der Waals surface area (Å²) < 4.78 is 0. The van der Waals surface area contributed by atoms with Gasteiger partial charge in [-0.1, -0.05) is 38.8 Å². The smallest absolute Gasteiger partial charge is 0.0835 e. The van der Waals surface area contributed by atoms with Gasteiger partial charge in [0.15, 0.2) is 0 Å². The van der Waals surface area contributed by atoms with Gasteiger partial charge in [0.05, 0.1) is 5.60 Å². The van der Waals surface area contributed by atoms with Crippen LogP contribution in [0.4, 0.5) is 0 Å². The van der Waals surface area contributed by atoms with Crippen LogP contribution in [0.3, 0.4) is 0 Å². The third kappa shape index (κ3) is 2.84. The minimum Gasteiger partial charge on any atom is -0.386 e. The normalized spacial score (nSPS) is 32.8. The van der Waals surface area contributed by atoms with Gasteiger partial charge in [0.1, 0.15) is 0 Å². The van der Waals surface area contributed by atoms with E-state index in [1.54, 1.807) is 0 Å². The van der Waals surface area contributed by atoms with Crippen molar-refractivity contribution in [3.8, 4) is 0 Å². The van der Waals surface area contributed by atoms with E-state index in [0.29, 0.717) is 0 Å². The van der Waals surface area contributed by atoms with E-state index in [2.05, 4.69) is 33.8 Å². The lowest BCUT2D eigenvalue weighted by Gasteiger charge is -2.39. The lowest BCUT2D eigenvalue weighted by atomic mass is 9.70. The molecular formula is C12H22O. The van der Waals surface area contributed by atoms with Crippen LogP contribution in [0.1, 0.15) is 53.4 Å². The molecule has 0 aliphatic heterocycles. The summed E-state index contributed by atoms with van der Waals surface area (Å²) in [7, 11) is 0. The zero-order valence-electron chi connectivity index (χ0n) is 9.35. The molecule has 0 radical (unpaired) electrons. The fourth-order valence-electron chi connectivity index (χ4n) is 2.80. The van der Waals surface area contributed by atoms with Gasteiger partial charge >= 0.3 is 0 Å². The van der Waals surface area contributed by atoms with Crippen molar-refractivity contribution in [3.05, 3.63) is 11.6 Å². The van der Waals surface area contributed by atoms with Crippen molar-refractivity contribution in [2.75, 3.05) is 0 Å². The van der Waals surface area contributed by atoms with E-state index in [9.17, 15) is 5.11 Å². The second kappa shape index (κ2) is 3.45. The Kier molecular flexibility index (Phi) is 2.86. The average molecular weight is 182 g/mol. The second-order valence-corrected chi connectivity index (χ2v) is 5.36. The quantitative estimate of drug-likeness (QED) is 0.650. The Bertz CT molecular complexity index is 215. The third-order valence-corrected chi connectivity index (χ3v) is 2.74. The molecule has 1 atom stereocenters. The molecule has 1 rings (SSSR count). The van der Waals surface area contributed by atoms with Crippen LogP contribution < -0.4 is 0 Å². The van der Waals surface area contributed by atoms with Gasteiger partial charge in [-0.05, 0) is 31.6 Å². The maximum atomic E-state index is 10.3. The number of allylic oxidation sites excluding steroid dienone is 1. The van der Waals surface area contributed by atoms with Gasteiger partial charge in [0, 0.05) is 0 Å². The fraction of sp³-hybridized carbons (Fsp3) is 0.833. The maximum Gasteiger partial charge on any atom is 0.0835 e. The minimum absolute atomic E-state index is 0.267. The number of aliphatic hydroxyl groups is 1. The standard InChI is InChI=1S/C12H22O/c1-5-6-12(13)8-10(2)7-11(3,4)9-12/h8,13H,5-7,9H2,1-4H3. The fourth-order valence-corrected chi connectivity index (χ4v) is 2.80. The zero-order valence-corrected chi connectivity index (χ0v) is 9.35. The van der Waals surface area contributed by atoms with Crippen molar-refractivity contribution in [1.82, 2.24) is 0 Å². The van der Waals surface area contributed by atoms with Gasteiger partial charge in [-0.25, -0.2) is 0 Å². The van der Waals surface area contributed by atoms with Gasteiger partial charge < -0.3 is 5.11 Å². The van der Waals surface area contributed by atoms with Crippen LogP contribution in [0.2, 0.25) is 0 Å². The van der Waals surface area contributed by atoms with E-state index in [0.717, 1.165) is 25.7 Å². The molecule has 0 heterocycles. The number of hydrogen-bond donors (Lipinski definition) is 1. The lowest BCUT2D eigenvalue weighted by Crippen LogP contribution is -2.36. The SMILES string of the molecule is CCCC1(O)C=C(C)CC(C)(C)C1. The largest absolute Gasteiger partial charge is 0.386 e. The molecule has 1 N–H and O–H groups in total. The van der Waals surface area contributed by atoms with Crippen LogP contribution >= 0.6 is 0 Å².